The van der Waals surface area contributed by atoms with Gasteiger partial charge in [-0.3, -0.25) is 4.79 Å². The van der Waals surface area contributed by atoms with E-state index in [-0.39, 0.29) is 30.3 Å². The normalized spacial score (nSPS) is 30.0. The summed E-state index contributed by atoms with van der Waals surface area (Å²) < 4.78 is 11.4. The van der Waals surface area contributed by atoms with E-state index in [0.717, 1.165) is 45.2 Å². The van der Waals surface area contributed by atoms with Crippen LogP contribution in [0.4, 0.5) is 4.79 Å². The number of rotatable bonds is 6. The highest BCUT2D eigenvalue weighted by atomic mass is 16.6. The first kappa shape index (κ1) is 21.5. The summed E-state index contributed by atoms with van der Waals surface area (Å²) in [7, 11) is 0. The molecule has 6 nitrogen and oxygen atoms in total. The van der Waals surface area contributed by atoms with Crippen molar-refractivity contribution >= 4 is 12.0 Å². The number of carbonyl (C=O) groups is 2. The van der Waals surface area contributed by atoms with E-state index in [4.69, 9.17) is 9.47 Å². The Morgan fingerprint density at radius 1 is 1.30 bits per heavy atom. The van der Waals surface area contributed by atoms with Gasteiger partial charge >= 0.3 is 6.09 Å². The van der Waals surface area contributed by atoms with Gasteiger partial charge in [0, 0.05) is 19.2 Å². The van der Waals surface area contributed by atoms with E-state index in [2.05, 4.69) is 18.8 Å². The van der Waals surface area contributed by atoms with Crippen molar-refractivity contribution in [3.63, 3.8) is 0 Å². The van der Waals surface area contributed by atoms with Crippen LogP contribution in [-0.4, -0.2) is 54.3 Å². The minimum absolute atomic E-state index is 0.0237. The Morgan fingerprint density at radius 2 is 2.00 bits per heavy atom. The van der Waals surface area contributed by atoms with Crippen molar-refractivity contribution < 1.29 is 19.1 Å². The Hall–Kier alpha value is -1.82. The van der Waals surface area contributed by atoms with Crippen molar-refractivity contribution in [2.24, 2.45) is 5.92 Å². The maximum atomic E-state index is 12.2. The number of likely N-dealkylation sites (tertiary alicyclic amines) is 1. The topological polar surface area (TPSA) is 67.9 Å². The number of piperidine rings is 1. The van der Waals surface area contributed by atoms with Crippen molar-refractivity contribution in [1.29, 1.82) is 0 Å². The van der Waals surface area contributed by atoms with Gasteiger partial charge in [-0.15, -0.1) is 6.58 Å². The van der Waals surface area contributed by atoms with Crippen LogP contribution in [0.2, 0.25) is 0 Å². The monoisotopic (exact) mass is 378 g/mol. The first-order valence-electron chi connectivity index (χ1n) is 10.1. The third-order valence-corrected chi connectivity index (χ3v) is 5.36. The molecule has 6 heteroatoms. The summed E-state index contributed by atoms with van der Waals surface area (Å²) in [6, 6.07) is -0.0237. The molecule has 0 aromatic rings. The molecule has 2 heterocycles. The molecular weight excluding hydrogens is 344 g/mol. The molecule has 2 aliphatic heterocycles. The van der Waals surface area contributed by atoms with E-state index in [1.54, 1.807) is 17.9 Å². The second-order valence-corrected chi connectivity index (χ2v) is 7.73. The van der Waals surface area contributed by atoms with Crippen molar-refractivity contribution in [2.45, 2.75) is 77.2 Å². The van der Waals surface area contributed by atoms with Crippen LogP contribution in [-0.2, 0) is 14.3 Å². The Balaban J connectivity index is 1.77. The molecular formula is C21H34N2O4. The van der Waals surface area contributed by atoms with Crippen molar-refractivity contribution in [3.05, 3.63) is 24.8 Å². The highest BCUT2D eigenvalue weighted by molar-refractivity contribution is 5.87. The van der Waals surface area contributed by atoms with E-state index >= 15 is 0 Å². The molecule has 2 aliphatic rings. The third kappa shape index (κ3) is 6.69. The molecule has 0 spiro atoms. The van der Waals surface area contributed by atoms with Crippen LogP contribution in [0.3, 0.4) is 0 Å². The molecule has 0 unspecified atom stereocenters. The van der Waals surface area contributed by atoms with E-state index in [1.807, 2.05) is 13.0 Å². The molecule has 1 N–H and O–H groups in total. The van der Waals surface area contributed by atoms with Gasteiger partial charge < -0.3 is 19.7 Å². The lowest BCUT2D eigenvalue weighted by Crippen LogP contribution is -2.50. The number of carbonyl (C=O) groups excluding carboxylic acids is 2. The molecule has 2 saturated heterocycles. The lowest BCUT2D eigenvalue weighted by Gasteiger charge is -2.39. The summed E-state index contributed by atoms with van der Waals surface area (Å²) in [6.07, 6.45) is 9.22. The quantitative estimate of drug-likeness (QED) is 0.568. The lowest BCUT2D eigenvalue weighted by atomic mass is 9.88. The first-order valence-corrected chi connectivity index (χ1v) is 10.1. The fourth-order valence-electron chi connectivity index (χ4n) is 3.68. The Kier molecular flexibility index (Phi) is 8.35. The molecule has 2 amide bonds. The minimum Gasteiger partial charge on any atom is -0.442 e. The summed E-state index contributed by atoms with van der Waals surface area (Å²) in [5.74, 6) is 0.170. The minimum atomic E-state index is -0.443. The predicted molar refractivity (Wildman–Crippen MR) is 105 cm³/mol. The van der Waals surface area contributed by atoms with Crippen LogP contribution in [0.5, 0.6) is 0 Å². The maximum absolute atomic E-state index is 12.2. The fraction of sp³-hybridized carbons (Fsp3) is 0.714. The van der Waals surface area contributed by atoms with Gasteiger partial charge in [0.15, 0.2) is 0 Å². The van der Waals surface area contributed by atoms with Crippen LogP contribution in [0.1, 0.15) is 52.9 Å². The smallest absolute Gasteiger partial charge is 0.410 e. The second-order valence-electron chi connectivity index (χ2n) is 7.73. The number of hydrogen-bond donors (Lipinski definition) is 1. The maximum Gasteiger partial charge on any atom is 0.410 e. The molecule has 0 saturated carbocycles. The molecule has 2 fully saturated rings. The highest BCUT2D eigenvalue weighted by Gasteiger charge is 2.33. The lowest BCUT2D eigenvalue weighted by molar-refractivity contribution is -0.123. The summed E-state index contributed by atoms with van der Waals surface area (Å²) in [5, 5.41) is 3.01. The molecule has 0 radical (unpaired) electrons. The molecule has 0 aromatic carbocycles. The average molecular weight is 379 g/mol. The molecule has 2 rings (SSSR count). The molecule has 27 heavy (non-hydrogen) atoms. The van der Waals surface area contributed by atoms with Crippen LogP contribution in [0.15, 0.2) is 24.8 Å². The van der Waals surface area contributed by atoms with Crippen LogP contribution in [0, 0.1) is 5.92 Å². The largest absolute Gasteiger partial charge is 0.442 e. The van der Waals surface area contributed by atoms with E-state index in [0.29, 0.717) is 5.92 Å². The van der Waals surface area contributed by atoms with E-state index < -0.39 is 6.10 Å². The standard InChI is InChI=1S/C21H34N2O4/c1-5-9-19-15(2)14-18(17(4)27-19)22-20(24)11-10-16(3)26-21(25)23-12-7-6-8-13-23/h5,10-11,15-19H,1,6-9,12-14H2,2-4H3,(H,22,24)/b11-10-/t15-,16-,17+,18+,19-/m0/s1. The van der Waals surface area contributed by atoms with Gasteiger partial charge in [-0.1, -0.05) is 13.0 Å². The van der Waals surface area contributed by atoms with Crippen molar-refractivity contribution in [2.75, 3.05) is 13.1 Å². The summed E-state index contributed by atoms with van der Waals surface area (Å²) in [5.41, 5.74) is 0. The van der Waals surface area contributed by atoms with Gasteiger partial charge in [-0.25, -0.2) is 4.79 Å². The van der Waals surface area contributed by atoms with Crippen molar-refractivity contribution in [3.8, 4) is 0 Å². The number of nitrogens with zero attached hydrogens (tertiary/aromatic N) is 1. The number of nitrogens with one attached hydrogen (secondary N) is 1. The Morgan fingerprint density at radius 3 is 2.67 bits per heavy atom. The van der Waals surface area contributed by atoms with Gasteiger partial charge in [-0.05, 0) is 57.9 Å². The number of amides is 2. The van der Waals surface area contributed by atoms with Gasteiger partial charge in [0.1, 0.15) is 6.10 Å². The Bertz CT molecular complexity index is 542. The van der Waals surface area contributed by atoms with Gasteiger partial charge in [0.25, 0.3) is 0 Å². The zero-order chi connectivity index (χ0) is 19.8. The SMILES string of the molecule is C=CC[C@@H]1O[C@H](C)[C@H](NC(=O)/C=C\[C@H](C)OC(=O)N2CCCCC2)C[C@@H]1C. The van der Waals surface area contributed by atoms with Gasteiger partial charge in [0.2, 0.25) is 5.91 Å². The predicted octanol–water partition coefficient (Wildman–Crippen LogP) is 3.43. The molecule has 0 bridgehead atoms. The van der Waals surface area contributed by atoms with E-state index in [9.17, 15) is 9.59 Å². The fourth-order valence-corrected chi connectivity index (χ4v) is 3.68. The summed E-state index contributed by atoms with van der Waals surface area (Å²) >= 11 is 0. The zero-order valence-electron chi connectivity index (χ0n) is 16.9. The Labute approximate surface area is 163 Å². The van der Waals surface area contributed by atoms with Crippen LogP contribution in [0.25, 0.3) is 0 Å². The van der Waals surface area contributed by atoms with Crippen molar-refractivity contribution in [1.82, 2.24) is 10.2 Å². The van der Waals surface area contributed by atoms with Crippen LogP contribution < -0.4 is 5.32 Å². The first-order chi connectivity index (χ1) is 12.9. The number of ether oxygens (including phenoxy) is 2. The van der Waals surface area contributed by atoms with Gasteiger partial charge in [-0.2, -0.15) is 0 Å². The average Bonchev–Trinajstić information content (AvgIpc) is 2.65. The molecule has 152 valence electrons. The number of hydrogen-bond acceptors (Lipinski definition) is 4. The zero-order valence-corrected chi connectivity index (χ0v) is 16.9. The highest BCUT2D eigenvalue weighted by Crippen LogP contribution is 2.27. The third-order valence-electron chi connectivity index (χ3n) is 5.36. The summed E-state index contributed by atoms with van der Waals surface area (Å²) in [6.45, 7) is 11.2. The van der Waals surface area contributed by atoms with Crippen LogP contribution >= 0.6 is 0 Å². The molecule has 0 aliphatic carbocycles. The van der Waals surface area contributed by atoms with E-state index in [1.165, 1.54) is 6.08 Å². The van der Waals surface area contributed by atoms with Gasteiger partial charge in [0.05, 0.1) is 18.2 Å². The second kappa shape index (κ2) is 10.5. The molecule has 0 aromatic heterocycles. The molecule has 5 atom stereocenters. The summed E-state index contributed by atoms with van der Waals surface area (Å²) in [4.78, 5) is 26.1.